The third-order valence-electron chi connectivity index (χ3n) is 3.73. The summed E-state index contributed by atoms with van der Waals surface area (Å²) in [6.07, 6.45) is 3.37. The summed E-state index contributed by atoms with van der Waals surface area (Å²) in [5.41, 5.74) is 2.73. The van der Waals surface area contributed by atoms with E-state index in [-0.39, 0.29) is 11.5 Å². The average Bonchev–Trinajstić information content (AvgIpc) is 2.42. The zero-order valence-electron chi connectivity index (χ0n) is 11.4. The smallest absolute Gasteiger partial charge is 0.168 e. The Hall–Kier alpha value is -2.62. The number of aromatic nitrogens is 2. The predicted octanol–water partition coefficient (Wildman–Crippen LogP) is 1.63. The molecule has 0 fully saturated rings. The molecule has 1 aromatic carbocycles. The van der Waals surface area contributed by atoms with Crippen LogP contribution in [0.15, 0.2) is 12.4 Å². The topological polar surface area (TPSA) is 66.2 Å². The quantitative estimate of drug-likeness (QED) is 0.479. The van der Waals surface area contributed by atoms with Crippen LogP contribution < -0.4 is 10.4 Å². The molecule has 2 N–H and O–H groups in total. The molecule has 0 bridgehead atoms. The molecule has 20 heavy (non-hydrogen) atoms. The minimum absolute atomic E-state index is 0.217. The molecule has 100 valence electrons. The maximum Gasteiger partial charge on any atom is 0.168 e. The van der Waals surface area contributed by atoms with Crippen molar-refractivity contribution in [3.05, 3.63) is 34.0 Å². The number of nitrogens with zero attached hydrogens (tertiary/aromatic N) is 2. The van der Waals surface area contributed by atoms with Gasteiger partial charge in [0.15, 0.2) is 11.5 Å². The molecule has 0 unspecified atom stereocenters. The minimum atomic E-state index is -0.217. The van der Waals surface area contributed by atoms with E-state index in [9.17, 15) is 10.2 Å². The fourth-order valence-corrected chi connectivity index (χ4v) is 2.39. The Kier molecular flexibility index (Phi) is 2.44. The van der Waals surface area contributed by atoms with Gasteiger partial charge in [-0.15, -0.1) is 0 Å². The van der Waals surface area contributed by atoms with E-state index < -0.39 is 0 Å². The molecule has 2 aromatic heterocycles. The van der Waals surface area contributed by atoms with E-state index in [0.29, 0.717) is 32.2 Å². The summed E-state index contributed by atoms with van der Waals surface area (Å²) in [5, 5.41) is 22.7. The van der Waals surface area contributed by atoms with E-state index in [1.165, 1.54) is 0 Å². The average molecular weight is 266 g/mol. The predicted molar refractivity (Wildman–Crippen MR) is 80.1 cm³/mol. The van der Waals surface area contributed by atoms with Gasteiger partial charge in [0.2, 0.25) is 0 Å². The Morgan fingerprint density at radius 1 is 0.800 bits per heavy atom. The molecular weight excluding hydrogens is 252 g/mol. The first kappa shape index (κ1) is 12.4. The highest BCUT2D eigenvalue weighted by Gasteiger charge is 2.17. The van der Waals surface area contributed by atoms with Crippen molar-refractivity contribution in [2.24, 2.45) is 0 Å². The number of hydrogen-bond donors (Lipinski definition) is 2. The van der Waals surface area contributed by atoms with Crippen molar-refractivity contribution in [3.8, 4) is 11.5 Å². The highest BCUT2D eigenvalue weighted by molar-refractivity contribution is 6.10. The second-order valence-corrected chi connectivity index (χ2v) is 4.98. The number of aromatic hydroxyl groups is 2. The summed E-state index contributed by atoms with van der Waals surface area (Å²) in [6.45, 7) is 11.6. The molecule has 0 saturated heterocycles. The molecular formula is C16H14N2O2. The molecule has 3 aromatic rings. The van der Waals surface area contributed by atoms with Crippen molar-refractivity contribution < 1.29 is 10.2 Å². The molecule has 0 spiro atoms. The Balaban J connectivity index is 2.78. The van der Waals surface area contributed by atoms with E-state index in [1.54, 1.807) is 12.4 Å². The molecule has 0 aliphatic rings. The van der Waals surface area contributed by atoms with Gasteiger partial charge < -0.3 is 10.2 Å². The molecule has 0 atom stereocenters. The van der Waals surface area contributed by atoms with Gasteiger partial charge in [0.05, 0.1) is 10.8 Å². The molecule has 0 aliphatic carbocycles. The van der Waals surface area contributed by atoms with Gasteiger partial charge in [0, 0.05) is 12.4 Å². The molecule has 4 nitrogen and oxygen atoms in total. The summed E-state index contributed by atoms with van der Waals surface area (Å²) in [6, 6.07) is 0. The highest BCUT2D eigenvalue weighted by Crippen LogP contribution is 2.37. The number of phenolic OH excluding ortho intramolecular Hbond substituents is 2. The van der Waals surface area contributed by atoms with Gasteiger partial charge >= 0.3 is 0 Å². The fourth-order valence-electron chi connectivity index (χ4n) is 2.39. The largest absolute Gasteiger partial charge is 0.504 e. The second kappa shape index (κ2) is 3.93. The highest BCUT2D eigenvalue weighted by atomic mass is 16.3. The summed E-state index contributed by atoms with van der Waals surface area (Å²) in [7, 11) is 0. The van der Waals surface area contributed by atoms with Crippen molar-refractivity contribution in [1.82, 2.24) is 9.97 Å². The lowest BCUT2D eigenvalue weighted by atomic mass is 10.0. The van der Waals surface area contributed by atoms with Crippen molar-refractivity contribution >= 4 is 35.0 Å². The molecule has 3 rings (SSSR count). The third-order valence-corrected chi connectivity index (χ3v) is 3.73. The van der Waals surface area contributed by atoms with Crippen LogP contribution >= 0.6 is 0 Å². The lowest BCUT2D eigenvalue weighted by Crippen LogP contribution is -2.11. The van der Waals surface area contributed by atoms with Gasteiger partial charge in [-0.25, -0.2) is 0 Å². The lowest BCUT2D eigenvalue weighted by Gasteiger charge is -2.10. The van der Waals surface area contributed by atoms with Crippen LogP contribution in [0.3, 0.4) is 0 Å². The molecule has 0 radical (unpaired) electrons. The summed E-state index contributed by atoms with van der Waals surface area (Å²) in [5.74, 6) is -0.433. The van der Waals surface area contributed by atoms with Gasteiger partial charge in [-0.3, -0.25) is 9.97 Å². The standard InChI is InChI=1S/C16H14N2O2/c1-7-5-17-13-11(9(7)3)15(19)16(20)12-10(4)8(2)6-18-14(12)13/h5-6,19-20H,3-4H2,1-2H3. The maximum absolute atomic E-state index is 10.3. The Morgan fingerprint density at radius 2 is 1.15 bits per heavy atom. The number of pyridine rings is 2. The van der Waals surface area contributed by atoms with Crippen LogP contribution in [-0.4, -0.2) is 20.2 Å². The number of benzene rings is 1. The van der Waals surface area contributed by atoms with E-state index in [1.807, 2.05) is 13.8 Å². The first-order chi connectivity index (χ1) is 9.43. The van der Waals surface area contributed by atoms with E-state index in [0.717, 1.165) is 11.1 Å². The summed E-state index contributed by atoms with van der Waals surface area (Å²) < 4.78 is 0. The summed E-state index contributed by atoms with van der Waals surface area (Å²) >= 11 is 0. The molecule has 0 saturated carbocycles. The molecule has 0 aliphatic heterocycles. The second-order valence-electron chi connectivity index (χ2n) is 4.98. The normalized spacial score (nSPS) is 11.3. The Bertz CT molecular complexity index is 897. The number of hydrogen-bond acceptors (Lipinski definition) is 4. The van der Waals surface area contributed by atoms with Crippen LogP contribution in [0.4, 0.5) is 0 Å². The van der Waals surface area contributed by atoms with Gasteiger partial charge in [-0.2, -0.15) is 0 Å². The van der Waals surface area contributed by atoms with Crippen LogP contribution in [0.1, 0.15) is 11.1 Å². The van der Waals surface area contributed by atoms with Crippen LogP contribution in [0, 0.1) is 13.8 Å². The fraction of sp³-hybridized carbons (Fsp3) is 0.125. The van der Waals surface area contributed by atoms with Crippen molar-refractivity contribution in [2.45, 2.75) is 13.8 Å². The Morgan fingerprint density at radius 3 is 1.50 bits per heavy atom. The van der Waals surface area contributed by atoms with Gasteiger partial charge in [-0.05, 0) is 35.4 Å². The van der Waals surface area contributed by atoms with Crippen LogP contribution in [0.25, 0.3) is 35.0 Å². The number of fused-ring (bicyclic) bond motifs is 3. The molecule has 4 heteroatoms. The number of rotatable bonds is 0. The van der Waals surface area contributed by atoms with E-state index >= 15 is 0 Å². The van der Waals surface area contributed by atoms with Gasteiger partial charge in [0.25, 0.3) is 0 Å². The van der Waals surface area contributed by atoms with Crippen LogP contribution in [0.2, 0.25) is 0 Å². The lowest BCUT2D eigenvalue weighted by molar-refractivity contribution is 0.412. The monoisotopic (exact) mass is 266 g/mol. The SMILES string of the molecule is C=c1c(C)cnc2c1c(O)c(O)c1c(=C)c(C)cnc12. The van der Waals surface area contributed by atoms with Crippen LogP contribution in [0.5, 0.6) is 11.5 Å². The van der Waals surface area contributed by atoms with Crippen molar-refractivity contribution in [2.75, 3.05) is 0 Å². The van der Waals surface area contributed by atoms with Crippen molar-refractivity contribution in [3.63, 3.8) is 0 Å². The first-order valence-corrected chi connectivity index (χ1v) is 6.20. The molecule has 2 heterocycles. The van der Waals surface area contributed by atoms with Crippen LogP contribution in [-0.2, 0) is 0 Å². The van der Waals surface area contributed by atoms with Crippen molar-refractivity contribution in [1.29, 1.82) is 0 Å². The zero-order chi connectivity index (χ0) is 14.6. The summed E-state index contributed by atoms with van der Waals surface area (Å²) in [4.78, 5) is 8.68. The van der Waals surface area contributed by atoms with E-state index in [4.69, 9.17) is 0 Å². The minimum Gasteiger partial charge on any atom is -0.504 e. The number of phenols is 2. The zero-order valence-corrected chi connectivity index (χ0v) is 11.4. The third kappa shape index (κ3) is 1.42. The first-order valence-electron chi connectivity index (χ1n) is 6.20. The Labute approximate surface area is 115 Å². The van der Waals surface area contributed by atoms with Gasteiger partial charge in [0.1, 0.15) is 11.0 Å². The maximum atomic E-state index is 10.3. The van der Waals surface area contributed by atoms with E-state index in [2.05, 4.69) is 23.1 Å². The molecule has 0 amide bonds. The van der Waals surface area contributed by atoms with Gasteiger partial charge in [-0.1, -0.05) is 13.2 Å². The number of aryl methyl sites for hydroxylation is 2.